The zero-order valence-electron chi connectivity index (χ0n) is 14.0. The Hall–Kier alpha value is -3.14. The second kappa shape index (κ2) is 8.11. The number of rotatable bonds is 7. The van der Waals surface area contributed by atoms with Crippen LogP contribution < -0.4 is 4.74 Å². The summed E-state index contributed by atoms with van der Waals surface area (Å²) in [6, 6.07) is 15.1. The molecule has 0 fully saturated rings. The van der Waals surface area contributed by atoms with Gasteiger partial charge < -0.3 is 9.15 Å². The Morgan fingerprint density at radius 2 is 2.00 bits per heavy atom. The van der Waals surface area contributed by atoms with Crippen LogP contribution in [0.3, 0.4) is 0 Å². The molecule has 0 amide bonds. The zero-order valence-corrected chi connectivity index (χ0v) is 14.0. The number of hydrogen-bond donors (Lipinski definition) is 0. The molecule has 0 saturated heterocycles. The second-order valence-electron chi connectivity index (χ2n) is 5.53. The molecular weight excluding hydrogens is 314 g/mol. The molecule has 0 aliphatic heterocycles. The van der Waals surface area contributed by atoms with Crippen LogP contribution in [-0.2, 0) is 13.0 Å². The maximum Gasteiger partial charge on any atom is 0.187 e. The van der Waals surface area contributed by atoms with Crippen LogP contribution in [-0.4, -0.2) is 10.8 Å². The van der Waals surface area contributed by atoms with E-state index < -0.39 is 0 Å². The standard InChI is InChI=1S/C21H19NO3/c1-2-16-5-7-18(8-6-16)24-15-20-10-9-19(25-20)11-12-21(23)17-4-3-13-22-14-17/h3-14H,2,15H2,1H3/b12-11+. The Balaban J connectivity index is 1.56. The van der Waals surface area contributed by atoms with E-state index >= 15 is 0 Å². The molecule has 0 aliphatic rings. The monoisotopic (exact) mass is 333 g/mol. The number of hydrogen-bond acceptors (Lipinski definition) is 4. The molecule has 4 nitrogen and oxygen atoms in total. The lowest BCUT2D eigenvalue weighted by atomic mass is 10.2. The van der Waals surface area contributed by atoms with Gasteiger partial charge in [0.2, 0.25) is 0 Å². The molecule has 0 N–H and O–H groups in total. The summed E-state index contributed by atoms with van der Waals surface area (Å²) in [4.78, 5) is 15.9. The highest BCUT2D eigenvalue weighted by Gasteiger charge is 2.04. The molecule has 0 radical (unpaired) electrons. The van der Waals surface area contributed by atoms with Gasteiger partial charge in [0.15, 0.2) is 5.78 Å². The molecule has 0 saturated carbocycles. The highest BCUT2D eigenvalue weighted by molar-refractivity contribution is 6.06. The SMILES string of the molecule is CCc1ccc(OCc2ccc(/C=C/C(=O)c3cccnc3)o2)cc1. The van der Waals surface area contributed by atoms with E-state index in [1.54, 1.807) is 24.4 Å². The van der Waals surface area contributed by atoms with Crippen LogP contribution in [0.15, 0.2) is 71.4 Å². The lowest BCUT2D eigenvalue weighted by Gasteiger charge is -2.04. The molecule has 0 spiro atoms. The number of ether oxygens (including phenoxy) is 1. The van der Waals surface area contributed by atoms with Gasteiger partial charge in [-0.25, -0.2) is 0 Å². The number of furan rings is 1. The van der Waals surface area contributed by atoms with Gasteiger partial charge in [-0.1, -0.05) is 19.1 Å². The summed E-state index contributed by atoms with van der Waals surface area (Å²) in [5.41, 5.74) is 1.82. The average molecular weight is 333 g/mol. The van der Waals surface area contributed by atoms with E-state index in [1.807, 2.05) is 24.3 Å². The number of carbonyl (C=O) groups excluding carboxylic acids is 1. The number of pyridine rings is 1. The number of carbonyl (C=O) groups is 1. The first-order valence-corrected chi connectivity index (χ1v) is 8.17. The second-order valence-corrected chi connectivity index (χ2v) is 5.53. The molecule has 3 aromatic rings. The third kappa shape index (κ3) is 4.67. The van der Waals surface area contributed by atoms with Gasteiger partial charge in [0, 0.05) is 18.0 Å². The highest BCUT2D eigenvalue weighted by atomic mass is 16.5. The first kappa shape index (κ1) is 16.7. The predicted molar refractivity (Wildman–Crippen MR) is 96.5 cm³/mol. The highest BCUT2D eigenvalue weighted by Crippen LogP contribution is 2.16. The fraction of sp³-hybridized carbons (Fsp3) is 0.143. The summed E-state index contributed by atoms with van der Waals surface area (Å²) in [5, 5.41) is 0. The molecule has 1 aromatic carbocycles. The van der Waals surface area contributed by atoms with E-state index in [-0.39, 0.29) is 5.78 Å². The van der Waals surface area contributed by atoms with Crippen LogP contribution >= 0.6 is 0 Å². The Kier molecular flexibility index (Phi) is 5.42. The summed E-state index contributed by atoms with van der Waals surface area (Å²) >= 11 is 0. The van der Waals surface area contributed by atoms with Crippen LogP contribution in [0.4, 0.5) is 0 Å². The van der Waals surface area contributed by atoms with Crippen molar-refractivity contribution in [1.82, 2.24) is 4.98 Å². The lowest BCUT2D eigenvalue weighted by Crippen LogP contribution is -1.94. The van der Waals surface area contributed by atoms with Gasteiger partial charge in [-0.05, 0) is 60.5 Å². The van der Waals surface area contributed by atoms with Crippen molar-refractivity contribution in [1.29, 1.82) is 0 Å². The van der Waals surface area contributed by atoms with Gasteiger partial charge in [-0.15, -0.1) is 0 Å². The summed E-state index contributed by atoms with van der Waals surface area (Å²) < 4.78 is 11.4. The molecule has 0 aliphatic carbocycles. The molecule has 0 bridgehead atoms. The minimum Gasteiger partial charge on any atom is -0.486 e. The summed E-state index contributed by atoms with van der Waals surface area (Å²) in [6.07, 6.45) is 7.30. The third-order valence-electron chi connectivity index (χ3n) is 3.74. The van der Waals surface area contributed by atoms with Gasteiger partial charge in [0.1, 0.15) is 23.9 Å². The van der Waals surface area contributed by atoms with E-state index in [0.29, 0.717) is 23.7 Å². The molecule has 3 rings (SSSR count). The number of benzene rings is 1. The Morgan fingerprint density at radius 1 is 1.16 bits per heavy atom. The minimum atomic E-state index is -0.113. The Labute approximate surface area is 146 Å². The third-order valence-corrected chi connectivity index (χ3v) is 3.74. The molecule has 4 heteroatoms. The van der Waals surface area contributed by atoms with Crippen LogP contribution in [0.5, 0.6) is 5.75 Å². The molecular formula is C21H19NO3. The van der Waals surface area contributed by atoms with Gasteiger partial charge in [0.05, 0.1) is 0 Å². The number of ketones is 1. The van der Waals surface area contributed by atoms with Crippen molar-refractivity contribution in [3.8, 4) is 5.75 Å². The van der Waals surface area contributed by atoms with Crippen LogP contribution in [0.2, 0.25) is 0 Å². The van der Waals surface area contributed by atoms with Crippen molar-refractivity contribution in [3.05, 3.63) is 89.6 Å². The normalized spacial score (nSPS) is 10.9. The van der Waals surface area contributed by atoms with E-state index in [2.05, 4.69) is 24.0 Å². The van der Waals surface area contributed by atoms with Gasteiger partial charge in [0.25, 0.3) is 0 Å². The molecule has 25 heavy (non-hydrogen) atoms. The van der Waals surface area contributed by atoms with Crippen molar-refractivity contribution >= 4 is 11.9 Å². The van der Waals surface area contributed by atoms with Crippen molar-refractivity contribution < 1.29 is 13.9 Å². The minimum absolute atomic E-state index is 0.113. The zero-order chi connectivity index (χ0) is 17.5. The molecule has 0 atom stereocenters. The maximum absolute atomic E-state index is 12.0. The van der Waals surface area contributed by atoms with Gasteiger partial charge >= 0.3 is 0 Å². The number of aromatic nitrogens is 1. The first-order chi connectivity index (χ1) is 12.2. The molecule has 126 valence electrons. The number of nitrogens with zero attached hydrogens (tertiary/aromatic N) is 1. The van der Waals surface area contributed by atoms with E-state index in [4.69, 9.17) is 9.15 Å². The van der Waals surface area contributed by atoms with Crippen molar-refractivity contribution in [2.45, 2.75) is 20.0 Å². The van der Waals surface area contributed by atoms with Crippen LogP contribution in [0, 0.1) is 0 Å². The molecule has 0 unspecified atom stereocenters. The van der Waals surface area contributed by atoms with Crippen molar-refractivity contribution in [2.24, 2.45) is 0 Å². The van der Waals surface area contributed by atoms with E-state index in [0.717, 1.165) is 12.2 Å². The van der Waals surface area contributed by atoms with Crippen molar-refractivity contribution in [3.63, 3.8) is 0 Å². The van der Waals surface area contributed by atoms with Crippen LogP contribution in [0.1, 0.15) is 34.4 Å². The fourth-order valence-corrected chi connectivity index (χ4v) is 2.30. The van der Waals surface area contributed by atoms with Gasteiger partial charge in [-0.3, -0.25) is 9.78 Å². The van der Waals surface area contributed by atoms with Gasteiger partial charge in [-0.2, -0.15) is 0 Å². The maximum atomic E-state index is 12.0. The molecule has 2 aromatic heterocycles. The summed E-state index contributed by atoms with van der Waals surface area (Å²) in [7, 11) is 0. The largest absolute Gasteiger partial charge is 0.486 e. The smallest absolute Gasteiger partial charge is 0.187 e. The fourth-order valence-electron chi connectivity index (χ4n) is 2.30. The number of allylic oxidation sites excluding steroid dienone is 1. The lowest BCUT2D eigenvalue weighted by molar-refractivity contribution is 0.104. The summed E-state index contributed by atoms with van der Waals surface area (Å²) in [5.74, 6) is 2.00. The summed E-state index contributed by atoms with van der Waals surface area (Å²) in [6.45, 7) is 2.46. The topological polar surface area (TPSA) is 52.3 Å². The predicted octanol–water partition coefficient (Wildman–Crippen LogP) is 4.71. The van der Waals surface area contributed by atoms with Crippen LogP contribution in [0.25, 0.3) is 6.08 Å². The Bertz CT molecular complexity index is 848. The first-order valence-electron chi connectivity index (χ1n) is 8.17. The average Bonchev–Trinajstić information content (AvgIpc) is 3.13. The molecule has 2 heterocycles. The van der Waals surface area contributed by atoms with E-state index in [1.165, 1.54) is 17.8 Å². The quantitative estimate of drug-likeness (QED) is 0.464. The van der Waals surface area contributed by atoms with Crippen molar-refractivity contribution in [2.75, 3.05) is 0 Å². The van der Waals surface area contributed by atoms with E-state index in [9.17, 15) is 4.79 Å². The Morgan fingerprint density at radius 3 is 2.72 bits per heavy atom. The number of aryl methyl sites for hydroxylation is 1.